The number of amides is 1. The first-order valence-corrected chi connectivity index (χ1v) is 8.29. The number of nitrogens with one attached hydrogen (secondary N) is 1. The fourth-order valence-corrected chi connectivity index (χ4v) is 2.62. The lowest BCUT2D eigenvalue weighted by Crippen LogP contribution is -2.32. The minimum absolute atomic E-state index is 0.284. The molecule has 2 heterocycles. The molecule has 1 aromatic carbocycles. The average molecular weight is 353 g/mol. The summed E-state index contributed by atoms with van der Waals surface area (Å²) in [6, 6.07) is 10.6. The molecule has 0 aliphatic heterocycles. The third kappa shape index (κ3) is 3.72. The molecule has 3 rings (SSSR count). The number of ether oxygens (including phenoxy) is 1. The number of hydrogen-bond donors (Lipinski definition) is 1. The molecule has 7 nitrogen and oxygen atoms in total. The lowest BCUT2D eigenvalue weighted by atomic mass is 10.1. The lowest BCUT2D eigenvalue weighted by Gasteiger charge is -2.16. The Balaban J connectivity index is 1.80. The van der Waals surface area contributed by atoms with Crippen molar-refractivity contribution in [2.75, 3.05) is 5.32 Å². The van der Waals surface area contributed by atoms with E-state index in [9.17, 15) is 9.59 Å². The van der Waals surface area contributed by atoms with Crippen molar-refractivity contribution in [1.29, 1.82) is 0 Å². The van der Waals surface area contributed by atoms with Gasteiger partial charge in [0.15, 0.2) is 11.9 Å². The summed E-state index contributed by atoms with van der Waals surface area (Å²) in [7, 11) is 0. The molecule has 0 saturated heterocycles. The number of rotatable bonds is 5. The van der Waals surface area contributed by atoms with Gasteiger partial charge >= 0.3 is 5.97 Å². The second-order valence-electron chi connectivity index (χ2n) is 5.94. The van der Waals surface area contributed by atoms with Crippen molar-refractivity contribution >= 4 is 28.6 Å². The molecule has 1 unspecified atom stereocenters. The average Bonchev–Trinajstić information content (AvgIpc) is 3.03. The van der Waals surface area contributed by atoms with Crippen LogP contribution in [-0.4, -0.2) is 28.1 Å². The Morgan fingerprint density at radius 1 is 1.23 bits per heavy atom. The van der Waals surface area contributed by atoms with Crippen molar-refractivity contribution in [3.63, 3.8) is 0 Å². The molecule has 0 bridgehead atoms. The van der Waals surface area contributed by atoms with E-state index >= 15 is 0 Å². The van der Waals surface area contributed by atoms with Crippen LogP contribution in [0.1, 0.15) is 35.2 Å². The summed E-state index contributed by atoms with van der Waals surface area (Å²) >= 11 is 0. The molecule has 0 fully saturated rings. The largest absolute Gasteiger partial charge is 0.449 e. The van der Waals surface area contributed by atoms with Gasteiger partial charge in [-0.15, -0.1) is 0 Å². The van der Waals surface area contributed by atoms with Crippen molar-refractivity contribution in [2.45, 2.75) is 33.3 Å². The number of aryl methyl sites for hydroxylation is 2. The highest BCUT2D eigenvalue weighted by molar-refractivity contribution is 6.05. The van der Waals surface area contributed by atoms with Gasteiger partial charge in [-0.25, -0.2) is 4.79 Å². The predicted octanol–water partition coefficient (Wildman–Crippen LogP) is 3.41. The quantitative estimate of drug-likeness (QED) is 0.706. The minimum Gasteiger partial charge on any atom is -0.449 e. The fourth-order valence-electron chi connectivity index (χ4n) is 2.62. The topological polar surface area (TPSA) is 94.3 Å². The third-order valence-electron chi connectivity index (χ3n) is 3.86. The number of hydrogen-bond acceptors (Lipinski definition) is 6. The van der Waals surface area contributed by atoms with Gasteiger partial charge in [0, 0.05) is 17.1 Å². The molecular formula is C19H19N3O4. The Bertz CT molecular complexity index is 964. The number of benzene rings is 1. The summed E-state index contributed by atoms with van der Waals surface area (Å²) in [6.07, 6.45) is -0.608. The standard InChI is InChI=1S/C19H19N3O4/c1-4-16(18(23)21-17-10-12(3)26-22-17)25-19(24)14-9-11(2)20-15-8-6-5-7-13(14)15/h5-10,16H,4H2,1-3H3,(H,21,22,23). The van der Waals surface area contributed by atoms with Crippen molar-refractivity contribution in [3.05, 3.63) is 53.4 Å². The first kappa shape index (κ1) is 17.6. The van der Waals surface area contributed by atoms with Crippen molar-refractivity contribution in [1.82, 2.24) is 10.1 Å². The number of carbonyl (C=O) groups excluding carboxylic acids is 2. The molecule has 1 N–H and O–H groups in total. The first-order chi connectivity index (χ1) is 12.5. The van der Waals surface area contributed by atoms with E-state index in [1.165, 1.54) is 0 Å². The highest BCUT2D eigenvalue weighted by Gasteiger charge is 2.24. The maximum atomic E-state index is 12.7. The van der Waals surface area contributed by atoms with E-state index in [-0.39, 0.29) is 5.82 Å². The monoisotopic (exact) mass is 353 g/mol. The summed E-state index contributed by atoms with van der Waals surface area (Å²) in [5.74, 6) is -0.162. The van der Waals surface area contributed by atoms with Crippen molar-refractivity contribution < 1.29 is 18.8 Å². The predicted molar refractivity (Wildman–Crippen MR) is 95.8 cm³/mol. The van der Waals surface area contributed by atoms with Crippen LogP contribution in [0.5, 0.6) is 0 Å². The van der Waals surface area contributed by atoms with Gasteiger partial charge in [-0.2, -0.15) is 0 Å². The van der Waals surface area contributed by atoms with Crippen molar-refractivity contribution in [3.8, 4) is 0 Å². The van der Waals surface area contributed by atoms with Crippen LogP contribution in [0.25, 0.3) is 10.9 Å². The molecule has 1 amide bonds. The van der Waals surface area contributed by atoms with Gasteiger partial charge in [0.05, 0.1) is 11.1 Å². The highest BCUT2D eigenvalue weighted by atomic mass is 16.5. The van der Waals surface area contributed by atoms with Gasteiger partial charge in [-0.1, -0.05) is 30.3 Å². The van der Waals surface area contributed by atoms with E-state index in [0.717, 1.165) is 0 Å². The molecular weight excluding hydrogens is 334 g/mol. The van der Waals surface area contributed by atoms with Crippen molar-refractivity contribution in [2.24, 2.45) is 0 Å². The normalized spacial score (nSPS) is 12.0. The van der Waals surface area contributed by atoms with E-state index in [2.05, 4.69) is 15.5 Å². The van der Waals surface area contributed by atoms with E-state index in [0.29, 0.717) is 34.3 Å². The van der Waals surface area contributed by atoms with Crippen LogP contribution >= 0.6 is 0 Å². The molecule has 3 aromatic rings. The number of nitrogens with zero attached hydrogens (tertiary/aromatic N) is 2. The van der Waals surface area contributed by atoms with E-state index in [4.69, 9.17) is 9.26 Å². The summed E-state index contributed by atoms with van der Waals surface area (Å²) in [4.78, 5) is 29.5. The maximum Gasteiger partial charge on any atom is 0.339 e. The van der Waals surface area contributed by atoms with Crippen LogP contribution in [0.2, 0.25) is 0 Å². The van der Waals surface area contributed by atoms with Crippen LogP contribution in [0.15, 0.2) is 40.9 Å². The number of para-hydroxylation sites is 1. The number of pyridine rings is 1. The van der Waals surface area contributed by atoms with Crippen LogP contribution in [0.3, 0.4) is 0 Å². The molecule has 7 heteroatoms. The van der Waals surface area contributed by atoms with Crippen LogP contribution in [0, 0.1) is 13.8 Å². The smallest absolute Gasteiger partial charge is 0.339 e. The Labute approximate surface area is 150 Å². The fraction of sp³-hybridized carbons (Fsp3) is 0.263. The van der Waals surface area contributed by atoms with Gasteiger partial charge in [-0.3, -0.25) is 9.78 Å². The molecule has 0 spiro atoms. The van der Waals surface area contributed by atoms with Gasteiger partial charge in [0.2, 0.25) is 0 Å². The summed E-state index contributed by atoms with van der Waals surface area (Å²) in [5.41, 5.74) is 1.79. The van der Waals surface area contributed by atoms with Gasteiger partial charge in [0.1, 0.15) is 5.76 Å². The molecule has 1 atom stereocenters. The van der Waals surface area contributed by atoms with E-state index in [1.54, 1.807) is 39.0 Å². The zero-order valence-corrected chi connectivity index (χ0v) is 14.8. The van der Waals surface area contributed by atoms with Crippen LogP contribution in [-0.2, 0) is 9.53 Å². The molecule has 134 valence electrons. The second kappa shape index (κ2) is 7.35. The van der Waals surface area contributed by atoms with E-state index in [1.807, 2.05) is 18.2 Å². The molecule has 2 aromatic heterocycles. The number of esters is 1. The Kier molecular flexibility index (Phi) is 4.97. The maximum absolute atomic E-state index is 12.7. The zero-order valence-electron chi connectivity index (χ0n) is 14.8. The van der Waals surface area contributed by atoms with Crippen LogP contribution < -0.4 is 5.32 Å². The summed E-state index contributed by atoms with van der Waals surface area (Å²) in [5, 5.41) is 6.98. The Hall–Kier alpha value is -3.22. The minimum atomic E-state index is -0.938. The van der Waals surface area contributed by atoms with E-state index < -0.39 is 18.0 Å². The Morgan fingerprint density at radius 2 is 2.00 bits per heavy atom. The molecule has 0 aliphatic rings. The third-order valence-corrected chi connectivity index (χ3v) is 3.86. The van der Waals surface area contributed by atoms with Gasteiger partial charge in [0.25, 0.3) is 5.91 Å². The highest BCUT2D eigenvalue weighted by Crippen LogP contribution is 2.20. The molecule has 26 heavy (non-hydrogen) atoms. The summed E-state index contributed by atoms with van der Waals surface area (Å²) < 4.78 is 10.4. The van der Waals surface area contributed by atoms with Gasteiger partial charge < -0.3 is 14.6 Å². The Morgan fingerprint density at radius 3 is 2.69 bits per heavy atom. The number of carbonyl (C=O) groups is 2. The van der Waals surface area contributed by atoms with Crippen LogP contribution in [0.4, 0.5) is 5.82 Å². The second-order valence-corrected chi connectivity index (χ2v) is 5.94. The molecule has 0 aliphatic carbocycles. The zero-order chi connectivity index (χ0) is 18.7. The lowest BCUT2D eigenvalue weighted by molar-refractivity contribution is -0.124. The molecule has 0 saturated carbocycles. The molecule has 0 radical (unpaired) electrons. The number of aromatic nitrogens is 2. The number of anilines is 1. The first-order valence-electron chi connectivity index (χ1n) is 8.29. The summed E-state index contributed by atoms with van der Waals surface area (Å²) in [6.45, 7) is 5.29. The number of fused-ring (bicyclic) bond motifs is 1. The SMILES string of the molecule is CCC(OC(=O)c1cc(C)nc2ccccc12)C(=O)Nc1cc(C)on1. The van der Waals surface area contributed by atoms with Gasteiger partial charge in [-0.05, 0) is 32.4 Å².